The molecule has 136 valence electrons. The van der Waals surface area contributed by atoms with Crippen LogP contribution in [0.4, 0.5) is 0 Å². The maximum absolute atomic E-state index is 10.2. The average molecular weight is 412 g/mol. The molecule has 0 spiro atoms. The number of hydrogen-bond donors (Lipinski definition) is 0. The Labute approximate surface area is 162 Å². The second-order valence-electron chi connectivity index (χ2n) is 5.96. The Hall–Kier alpha value is -0.237. The van der Waals surface area contributed by atoms with Crippen LogP contribution in [0.5, 0.6) is 0 Å². The van der Waals surface area contributed by atoms with E-state index in [1.54, 1.807) is 33.4 Å². The normalized spacial score (nSPS) is 14.1. The summed E-state index contributed by atoms with van der Waals surface area (Å²) in [7, 11) is 0. The minimum absolute atomic E-state index is 0.0811. The van der Waals surface area contributed by atoms with E-state index in [0.717, 1.165) is 25.7 Å². The molecule has 0 heterocycles. The van der Waals surface area contributed by atoms with Crippen molar-refractivity contribution in [2.75, 3.05) is 0 Å². The molecule has 1 rings (SSSR count). The van der Waals surface area contributed by atoms with Crippen molar-refractivity contribution in [2.45, 2.75) is 82.1 Å². The van der Waals surface area contributed by atoms with Gasteiger partial charge in [-0.25, -0.2) is 0 Å². The van der Waals surface area contributed by atoms with Gasteiger partial charge in [-0.15, -0.1) is 25.4 Å². The fourth-order valence-electron chi connectivity index (χ4n) is 1.71. The zero-order chi connectivity index (χ0) is 18.6. The monoisotopic (exact) mass is 410 g/mol. The molecule has 0 saturated carbocycles. The Morgan fingerprint density at radius 2 is 1.67 bits per heavy atom. The first-order valence-electron chi connectivity index (χ1n) is 9.10. The van der Waals surface area contributed by atoms with E-state index >= 15 is 0 Å². The minimum atomic E-state index is -0.419. The van der Waals surface area contributed by atoms with Crippen LogP contribution in [0.1, 0.15) is 65.7 Å². The number of allylic oxidation sites excluding steroid dienone is 6. The molecule has 0 fully saturated rings. The van der Waals surface area contributed by atoms with Gasteiger partial charge in [0.05, 0.1) is 0 Å². The van der Waals surface area contributed by atoms with Crippen molar-refractivity contribution in [3.63, 3.8) is 0 Å². The van der Waals surface area contributed by atoms with Crippen LogP contribution < -0.4 is 10.2 Å². The summed E-state index contributed by atoms with van der Waals surface area (Å²) in [5.74, 6) is 0. The number of unbranched alkanes of at least 4 members (excludes halogenated alkanes) is 1. The molecule has 0 bridgehead atoms. The average Bonchev–Trinajstić information content (AvgIpc) is 3.06. The summed E-state index contributed by atoms with van der Waals surface area (Å²) in [4.78, 5) is 0. The van der Waals surface area contributed by atoms with Crippen LogP contribution in [0.15, 0.2) is 46.8 Å². The van der Waals surface area contributed by atoms with Gasteiger partial charge in [-0.3, -0.25) is 0 Å². The quantitative estimate of drug-likeness (QED) is 0.391. The zero-order valence-corrected chi connectivity index (χ0v) is 18.4. The van der Waals surface area contributed by atoms with Gasteiger partial charge in [0.15, 0.2) is 0 Å². The van der Waals surface area contributed by atoms with Gasteiger partial charge < -0.3 is 10.2 Å². The second kappa shape index (κ2) is 20.8. The van der Waals surface area contributed by atoms with Crippen molar-refractivity contribution >= 4 is 0 Å². The fourth-order valence-corrected chi connectivity index (χ4v) is 4.97. The van der Waals surface area contributed by atoms with E-state index in [9.17, 15) is 10.2 Å². The maximum atomic E-state index is 10.2. The van der Waals surface area contributed by atoms with Gasteiger partial charge in [-0.1, -0.05) is 38.8 Å². The van der Waals surface area contributed by atoms with E-state index in [1.165, 1.54) is 19.3 Å². The van der Waals surface area contributed by atoms with E-state index in [-0.39, 0.29) is 23.2 Å². The molecule has 0 radical (unpaired) electrons. The number of hydrogen-bond acceptors (Lipinski definition) is 2. The van der Waals surface area contributed by atoms with E-state index in [1.807, 2.05) is 0 Å². The molecule has 24 heavy (non-hydrogen) atoms. The van der Waals surface area contributed by atoms with Gasteiger partial charge in [0, 0.05) is 0 Å². The molecule has 0 amide bonds. The molecular formula is C21H36O2Zr. The van der Waals surface area contributed by atoms with Gasteiger partial charge in [-0.05, 0) is 12.8 Å². The van der Waals surface area contributed by atoms with Crippen LogP contribution >= 0.6 is 0 Å². The zero-order valence-electron chi connectivity index (χ0n) is 15.9. The second-order valence-corrected chi connectivity index (χ2v) is 9.63. The SMILES string of the molecule is C=CCCC(C)[O-].C=CCCC(C)[O-].CCC[CH2][Zr+2][C]1=CC=CC1. The Morgan fingerprint density at radius 1 is 1.12 bits per heavy atom. The first-order chi connectivity index (χ1) is 11.5. The fraction of sp³-hybridized carbons (Fsp3) is 0.619. The molecule has 0 aromatic rings. The Balaban J connectivity index is 0. The van der Waals surface area contributed by atoms with Gasteiger partial charge in [0.2, 0.25) is 0 Å². The molecule has 2 nitrogen and oxygen atoms in total. The van der Waals surface area contributed by atoms with Crippen molar-refractivity contribution in [1.29, 1.82) is 0 Å². The van der Waals surface area contributed by atoms with Gasteiger partial charge in [-0.2, -0.15) is 0 Å². The summed E-state index contributed by atoms with van der Waals surface area (Å²) < 4.78 is 3.34. The van der Waals surface area contributed by atoms with Gasteiger partial charge in [0.1, 0.15) is 0 Å². The summed E-state index contributed by atoms with van der Waals surface area (Å²) in [6.07, 6.45) is 16.8. The molecule has 0 saturated heterocycles. The summed E-state index contributed by atoms with van der Waals surface area (Å²) in [6, 6.07) is 0. The summed E-state index contributed by atoms with van der Waals surface area (Å²) >= 11 is -0.0811. The molecule has 1 aliphatic carbocycles. The first-order valence-corrected chi connectivity index (χ1v) is 12.1. The third-order valence-electron chi connectivity index (χ3n) is 3.21. The summed E-state index contributed by atoms with van der Waals surface area (Å²) in [6.45, 7) is 12.6. The Bertz CT molecular complexity index is 328. The molecule has 3 heteroatoms. The summed E-state index contributed by atoms with van der Waals surface area (Å²) in [5, 5.41) is 20.5. The van der Waals surface area contributed by atoms with Crippen LogP contribution in [0.2, 0.25) is 4.13 Å². The molecule has 2 atom stereocenters. The molecule has 0 aromatic carbocycles. The standard InChI is InChI=1S/2C6H11O.C5H5.C4H9.Zr/c2*1-3-4-5-6(2)7;1-2-4-5-3-1;1-3-4-2;/h2*3,6H,1,4-5H2,2H3;1-3H,4H2;1,3-4H2,2H3;/q2*-1;;;+2. The molecule has 0 aliphatic heterocycles. The summed E-state index contributed by atoms with van der Waals surface area (Å²) in [5.41, 5.74) is 0. The van der Waals surface area contributed by atoms with E-state index in [4.69, 9.17) is 0 Å². The predicted octanol–water partition coefficient (Wildman–Crippen LogP) is 4.53. The molecule has 2 unspecified atom stereocenters. The van der Waals surface area contributed by atoms with Gasteiger partial charge >= 0.3 is 75.1 Å². The number of rotatable bonds is 10. The molecule has 0 N–H and O–H groups in total. The Kier molecular flexibility index (Phi) is 22.5. The van der Waals surface area contributed by atoms with Crippen molar-refractivity contribution in [2.24, 2.45) is 0 Å². The van der Waals surface area contributed by atoms with Crippen molar-refractivity contribution in [3.05, 3.63) is 46.8 Å². The van der Waals surface area contributed by atoms with Crippen molar-refractivity contribution in [1.82, 2.24) is 0 Å². The van der Waals surface area contributed by atoms with E-state index in [2.05, 4.69) is 38.3 Å². The van der Waals surface area contributed by atoms with Gasteiger partial charge in [0.25, 0.3) is 0 Å². The van der Waals surface area contributed by atoms with E-state index in [0.29, 0.717) is 0 Å². The first kappa shape index (κ1) is 26.0. The Morgan fingerprint density at radius 3 is 1.96 bits per heavy atom. The topological polar surface area (TPSA) is 46.1 Å². The van der Waals surface area contributed by atoms with E-state index < -0.39 is 12.2 Å². The van der Waals surface area contributed by atoms with Crippen LogP contribution in [0, 0.1) is 0 Å². The molecular weight excluding hydrogens is 375 g/mol. The predicted molar refractivity (Wildman–Crippen MR) is 99.3 cm³/mol. The van der Waals surface area contributed by atoms with Crippen LogP contribution in [0.25, 0.3) is 0 Å². The van der Waals surface area contributed by atoms with Crippen molar-refractivity contribution < 1.29 is 33.4 Å². The van der Waals surface area contributed by atoms with Crippen LogP contribution in [-0.2, 0) is 23.2 Å². The van der Waals surface area contributed by atoms with Crippen molar-refractivity contribution in [3.8, 4) is 0 Å². The third-order valence-corrected chi connectivity index (χ3v) is 6.72. The molecule has 0 aromatic heterocycles. The molecule has 1 aliphatic rings. The third kappa shape index (κ3) is 24.0. The van der Waals surface area contributed by atoms with Crippen LogP contribution in [-0.4, -0.2) is 12.2 Å². The van der Waals surface area contributed by atoms with Crippen LogP contribution in [0.3, 0.4) is 0 Å².